The lowest BCUT2D eigenvalue weighted by Crippen LogP contribution is -2.29. The number of benzene rings is 1. The van der Waals surface area contributed by atoms with Crippen molar-refractivity contribution in [2.24, 2.45) is 11.5 Å². The normalized spacial score (nSPS) is 11.0. The van der Waals surface area contributed by atoms with Crippen molar-refractivity contribution in [3.05, 3.63) is 35.4 Å². The maximum atomic E-state index is 10.5. The van der Waals surface area contributed by atoms with E-state index in [9.17, 15) is 14.4 Å². The van der Waals surface area contributed by atoms with Crippen LogP contribution in [0.4, 0.5) is 0 Å². The van der Waals surface area contributed by atoms with Gasteiger partial charge in [-0.05, 0) is 31.5 Å². The van der Waals surface area contributed by atoms with Gasteiger partial charge in [0.15, 0.2) is 0 Å². The van der Waals surface area contributed by atoms with Crippen molar-refractivity contribution in [1.82, 2.24) is 0 Å². The molecule has 8 nitrogen and oxygen atoms in total. The molecule has 0 amide bonds. The van der Waals surface area contributed by atoms with E-state index in [2.05, 4.69) is 0 Å². The molecule has 0 spiro atoms. The van der Waals surface area contributed by atoms with Gasteiger partial charge in [0.05, 0.1) is 11.1 Å². The molecule has 8 heteroatoms. The van der Waals surface area contributed by atoms with Crippen molar-refractivity contribution in [2.45, 2.75) is 25.3 Å². The van der Waals surface area contributed by atoms with Gasteiger partial charge in [0.1, 0.15) is 6.04 Å². The zero-order chi connectivity index (χ0) is 17.1. The van der Waals surface area contributed by atoms with E-state index >= 15 is 0 Å². The molecular weight excluding hydrogens is 292 g/mol. The number of hydrogen-bond donors (Lipinski definition) is 5. The van der Waals surface area contributed by atoms with Crippen LogP contribution in [0.15, 0.2) is 24.3 Å². The molecule has 0 bridgehead atoms. The number of unbranched alkanes of at least 4 members (excludes halogenated alkanes) is 1. The van der Waals surface area contributed by atoms with Gasteiger partial charge in [0.2, 0.25) is 0 Å². The number of carbonyl (C=O) groups is 3. The van der Waals surface area contributed by atoms with E-state index < -0.39 is 23.9 Å². The Labute approximate surface area is 127 Å². The molecule has 1 aromatic carbocycles. The highest BCUT2D eigenvalue weighted by atomic mass is 16.4. The molecule has 0 radical (unpaired) electrons. The van der Waals surface area contributed by atoms with Crippen molar-refractivity contribution in [2.75, 3.05) is 6.54 Å². The van der Waals surface area contributed by atoms with Crippen LogP contribution in [0.1, 0.15) is 40.0 Å². The van der Waals surface area contributed by atoms with Crippen molar-refractivity contribution in [1.29, 1.82) is 0 Å². The molecule has 122 valence electrons. The Morgan fingerprint density at radius 3 is 1.73 bits per heavy atom. The van der Waals surface area contributed by atoms with Gasteiger partial charge in [-0.15, -0.1) is 0 Å². The molecule has 1 rings (SSSR count). The lowest BCUT2D eigenvalue weighted by Gasteiger charge is -2.03. The first-order valence-corrected chi connectivity index (χ1v) is 6.55. The quantitative estimate of drug-likeness (QED) is 0.457. The number of aromatic carboxylic acids is 2. The number of aliphatic carboxylic acids is 1. The molecule has 0 aliphatic heterocycles. The van der Waals surface area contributed by atoms with Gasteiger partial charge >= 0.3 is 17.9 Å². The minimum atomic E-state index is -1.23. The minimum absolute atomic E-state index is 0.190. The smallest absolute Gasteiger partial charge is 0.336 e. The Kier molecular flexibility index (Phi) is 9.15. The third-order valence-corrected chi connectivity index (χ3v) is 2.67. The molecule has 22 heavy (non-hydrogen) atoms. The molecule has 0 aliphatic carbocycles. The molecule has 0 saturated heterocycles. The summed E-state index contributed by atoms with van der Waals surface area (Å²) in [5.74, 6) is -3.39. The zero-order valence-corrected chi connectivity index (χ0v) is 11.9. The summed E-state index contributed by atoms with van der Waals surface area (Å²) in [4.78, 5) is 31.1. The highest BCUT2D eigenvalue weighted by molar-refractivity contribution is 6.01. The van der Waals surface area contributed by atoms with Crippen LogP contribution in [0, 0.1) is 0 Å². The molecule has 0 fully saturated rings. The number of hydrogen-bond acceptors (Lipinski definition) is 5. The van der Waals surface area contributed by atoms with E-state index in [0.29, 0.717) is 13.0 Å². The van der Waals surface area contributed by atoms with Gasteiger partial charge in [-0.3, -0.25) is 4.79 Å². The predicted molar refractivity (Wildman–Crippen MR) is 78.9 cm³/mol. The highest BCUT2D eigenvalue weighted by Crippen LogP contribution is 2.07. The van der Waals surface area contributed by atoms with E-state index in [0.717, 1.165) is 12.8 Å². The van der Waals surface area contributed by atoms with E-state index in [-0.39, 0.29) is 11.1 Å². The van der Waals surface area contributed by atoms with Gasteiger partial charge in [0, 0.05) is 0 Å². The fourth-order valence-electron chi connectivity index (χ4n) is 1.49. The van der Waals surface area contributed by atoms with E-state index in [1.165, 1.54) is 24.3 Å². The summed E-state index contributed by atoms with van der Waals surface area (Å²) in [6.07, 6.45) is 2.16. The number of nitrogens with two attached hydrogens (primary N) is 2. The van der Waals surface area contributed by atoms with Crippen molar-refractivity contribution >= 4 is 17.9 Å². The predicted octanol–water partition coefficient (Wildman–Crippen LogP) is 0.610. The summed E-state index contributed by atoms with van der Waals surface area (Å²) in [5, 5.41) is 25.4. The maximum Gasteiger partial charge on any atom is 0.336 e. The van der Waals surface area contributed by atoms with Crippen LogP contribution in [0.3, 0.4) is 0 Å². The Morgan fingerprint density at radius 2 is 1.41 bits per heavy atom. The van der Waals surface area contributed by atoms with Crippen molar-refractivity contribution in [3.63, 3.8) is 0 Å². The SMILES string of the molecule is NCCCC[C@H](N)C(=O)O.O=C(O)c1ccccc1C(=O)O. The van der Waals surface area contributed by atoms with Crippen LogP contribution in [-0.2, 0) is 4.79 Å². The van der Waals surface area contributed by atoms with Crippen molar-refractivity contribution in [3.8, 4) is 0 Å². The molecule has 7 N–H and O–H groups in total. The second kappa shape index (κ2) is 10.3. The standard InChI is InChI=1S/C8H6O4.C6H14N2O2/c9-7(10)5-3-1-2-4-6(5)8(11)12;7-4-2-1-3-5(8)6(9)10/h1-4H,(H,9,10)(H,11,12);5H,1-4,7-8H2,(H,9,10)/t;5-/m.0/s1. The van der Waals surface area contributed by atoms with Crippen LogP contribution < -0.4 is 11.5 Å². The van der Waals surface area contributed by atoms with Crippen LogP contribution >= 0.6 is 0 Å². The largest absolute Gasteiger partial charge is 0.480 e. The Hall–Kier alpha value is -2.45. The summed E-state index contributed by atoms with van der Waals surface area (Å²) in [6, 6.07) is 4.76. The third-order valence-electron chi connectivity index (χ3n) is 2.67. The van der Waals surface area contributed by atoms with Gasteiger partial charge in [-0.2, -0.15) is 0 Å². The topological polar surface area (TPSA) is 164 Å². The maximum absolute atomic E-state index is 10.5. The fraction of sp³-hybridized carbons (Fsp3) is 0.357. The van der Waals surface area contributed by atoms with Crippen LogP contribution in [-0.4, -0.2) is 45.8 Å². The first kappa shape index (κ1) is 19.6. The molecule has 0 unspecified atom stereocenters. The minimum Gasteiger partial charge on any atom is -0.480 e. The number of carboxylic acids is 3. The first-order chi connectivity index (χ1) is 10.3. The molecule has 1 atom stereocenters. The Bertz CT molecular complexity index is 485. The molecule has 0 aromatic heterocycles. The molecule has 0 aliphatic rings. The molecule has 0 heterocycles. The second-order valence-corrected chi connectivity index (χ2v) is 4.39. The zero-order valence-electron chi connectivity index (χ0n) is 11.9. The molecule has 1 aromatic rings. The van der Waals surface area contributed by atoms with E-state index in [1.54, 1.807) is 0 Å². The molecular formula is C14H20N2O6. The number of rotatable bonds is 7. The van der Waals surface area contributed by atoms with E-state index in [4.69, 9.17) is 26.8 Å². The van der Waals surface area contributed by atoms with Gasteiger partial charge in [-0.1, -0.05) is 18.6 Å². The monoisotopic (exact) mass is 312 g/mol. The average Bonchev–Trinajstić information content (AvgIpc) is 2.47. The fourth-order valence-corrected chi connectivity index (χ4v) is 1.49. The van der Waals surface area contributed by atoms with Crippen molar-refractivity contribution < 1.29 is 29.7 Å². The van der Waals surface area contributed by atoms with Crippen LogP contribution in [0.25, 0.3) is 0 Å². The highest BCUT2D eigenvalue weighted by Gasteiger charge is 2.13. The second-order valence-electron chi connectivity index (χ2n) is 4.39. The third kappa shape index (κ3) is 7.36. The van der Waals surface area contributed by atoms with Crippen LogP contribution in [0.2, 0.25) is 0 Å². The first-order valence-electron chi connectivity index (χ1n) is 6.55. The summed E-state index contributed by atoms with van der Waals surface area (Å²) in [7, 11) is 0. The van der Waals surface area contributed by atoms with Gasteiger partial charge < -0.3 is 26.8 Å². The average molecular weight is 312 g/mol. The summed E-state index contributed by atoms with van der Waals surface area (Å²) >= 11 is 0. The lowest BCUT2D eigenvalue weighted by atomic mass is 10.1. The number of carboxylic acid groups (broad SMARTS) is 3. The molecule has 0 saturated carbocycles. The van der Waals surface area contributed by atoms with Crippen LogP contribution in [0.5, 0.6) is 0 Å². The Balaban J connectivity index is 0.000000409. The summed E-state index contributed by atoms with van der Waals surface area (Å²) in [6.45, 7) is 0.604. The summed E-state index contributed by atoms with van der Waals surface area (Å²) < 4.78 is 0. The van der Waals surface area contributed by atoms with E-state index in [1.807, 2.05) is 0 Å². The summed E-state index contributed by atoms with van der Waals surface area (Å²) in [5.41, 5.74) is 10.0. The lowest BCUT2D eigenvalue weighted by molar-refractivity contribution is -0.138. The Morgan fingerprint density at radius 1 is 0.955 bits per heavy atom. The van der Waals surface area contributed by atoms with Gasteiger partial charge in [0.25, 0.3) is 0 Å². The van der Waals surface area contributed by atoms with Gasteiger partial charge in [-0.25, -0.2) is 9.59 Å².